The third-order valence-corrected chi connectivity index (χ3v) is 16.3. The molecule has 468 valence electrons. The Morgan fingerprint density at radius 2 is 0.616 bits per heavy atom. The zero-order chi connectivity index (χ0) is 66.8. The summed E-state index contributed by atoms with van der Waals surface area (Å²) < 4.78 is 226. The molecule has 0 N–H and O–H groups in total. The fourth-order valence-electron chi connectivity index (χ4n) is 6.43. The molecule has 0 amide bonds. The van der Waals surface area contributed by atoms with Crippen LogP contribution in [0, 0.1) is 139 Å². The van der Waals surface area contributed by atoms with Crippen LogP contribution >= 0.6 is 106 Å². The van der Waals surface area contributed by atoms with Gasteiger partial charge in [0.15, 0.2) is 11.6 Å². The molecule has 8 rings (SSSR count). The summed E-state index contributed by atoms with van der Waals surface area (Å²) in [5, 5.41) is 0.915. The molecule has 26 heteroatoms. The number of benzene rings is 8. The van der Waals surface area contributed by atoms with E-state index in [4.69, 9.17) is 58.0 Å². The molecule has 0 nitrogen and oxygen atoms in total. The molecule has 0 aliphatic carbocycles. The van der Waals surface area contributed by atoms with E-state index in [0.717, 1.165) is 66.9 Å². The summed E-state index contributed by atoms with van der Waals surface area (Å²) in [7, 11) is 0. The van der Waals surface area contributed by atoms with E-state index in [1.807, 2.05) is 27.7 Å². The molecule has 0 saturated carbocycles. The van der Waals surface area contributed by atoms with E-state index < -0.39 is 75.6 Å². The second-order valence-corrected chi connectivity index (χ2v) is 22.3. The van der Waals surface area contributed by atoms with Crippen LogP contribution in [0.5, 0.6) is 0 Å². The Hall–Kier alpha value is -4.61. The first-order chi connectivity index (χ1) is 39.3. The van der Waals surface area contributed by atoms with Crippen molar-refractivity contribution in [3.63, 3.8) is 0 Å². The molecule has 0 bridgehead atoms. The van der Waals surface area contributed by atoms with Crippen molar-refractivity contribution in [1.82, 2.24) is 0 Å². The quantitative estimate of drug-likeness (QED) is 0.105. The first-order valence-electron chi connectivity index (χ1n) is 23.7. The summed E-state index contributed by atoms with van der Waals surface area (Å²) in [6, 6.07) is 17.0. The number of hydrogen-bond donors (Lipinski definition) is 0. The molecular formula is C60H46Br3Cl5F18. The van der Waals surface area contributed by atoms with Gasteiger partial charge in [0.25, 0.3) is 0 Å². The Morgan fingerprint density at radius 1 is 0.291 bits per heavy atom. The molecule has 0 saturated heterocycles. The predicted octanol–water partition coefficient (Wildman–Crippen LogP) is 25.8. The van der Waals surface area contributed by atoms with Gasteiger partial charge in [0.1, 0.15) is 58.2 Å². The van der Waals surface area contributed by atoms with Crippen molar-refractivity contribution in [2.24, 2.45) is 0 Å². The highest BCUT2D eigenvalue weighted by Gasteiger charge is 2.44. The van der Waals surface area contributed by atoms with Gasteiger partial charge < -0.3 is 0 Å². The minimum Gasteiger partial charge on any atom is -0.207 e. The van der Waals surface area contributed by atoms with Crippen molar-refractivity contribution in [1.29, 1.82) is 0 Å². The van der Waals surface area contributed by atoms with Crippen LogP contribution in [0.25, 0.3) is 0 Å². The predicted molar refractivity (Wildman–Crippen MR) is 317 cm³/mol. The molecule has 0 heterocycles. The van der Waals surface area contributed by atoms with Crippen LogP contribution in [0.2, 0.25) is 25.1 Å². The van der Waals surface area contributed by atoms with E-state index in [9.17, 15) is 79.0 Å². The highest BCUT2D eigenvalue weighted by molar-refractivity contribution is 9.13. The normalized spacial score (nSPS) is 10.6. The van der Waals surface area contributed by atoms with Gasteiger partial charge in [0.05, 0.1) is 36.2 Å². The Morgan fingerprint density at radius 3 is 1.01 bits per heavy atom. The highest BCUT2D eigenvalue weighted by atomic mass is 79.9. The van der Waals surface area contributed by atoms with Crippen molar-refractivity contribution >= 4 is 106 Å². The Kier molecular flexibility index (Phi) is 32.8. The second-order valence-electron chi connectivity index (χ2n) is 17.9. The lowest BCUT2D eigenvalue weighted by atomic mass is 10.0. The maximum atomic E-state index is 12.7. The first-order valence-corrected chi connectivity index (χ1v) is 27.9. The minimum absolute atomic E-state index is 0.0126. The average Bonchev–Trinajstić information content (AvgIpc) is 3.02. The van der Waals surface area contributed by atoms with Gasteiger partial charge in [0, 0.05) is 25.6 Å². The van der Waals surface area contributed by atoms with E-state index in [1.54, 1.807) is 32.9 Å². The molecule has 86 heavy (non-hydrogen) atoms. The van der Waals surface area contributed by atoms with Crippen LogP contribution in [-0.4, -0.2) is 0 Å². The van der Waals surface area contributed by atoms with Crippen LogP contribution in [0.4, 0.5) is 79.0 Å². The van der Waals surface area contributed by atoms with Crippen molar-refractivity contribution in [2.45, 2.75) is 81.6 Å². The van der Waals surface area contributed by atoms with Crippen LogP contribution in [0.1, 0.15) is 66.8 Å². The lowest BCUT2D eigenvalue weighted by molar-refractivity contribution is -0.162. The van der Waals surface area contributed by atoms with Crippen molar-refractivity contribution in [3.8, 4) is 0 Å². The van der Waals surface area contributed by atoms with Crippen molar-refractivity contribution in [2.75, 3.05) is 0 Å². The molecule has 0 radical (unpaired) electrons. The van der Waals surface area contributed by atoms with Crippen LogP contribution in [0.15, 0.2) is 110 Å². The summed E-state index contributed by atoms with van der Waals surface area (Å²) in [6.45, 7) is 16.3. The third-order valence-electron chi connectivity index (χ3n) is 10.8. The fraction of sp³-hybridized carbons (Fsp3) is 0.200. The van der Waals surface area contributed by atoms with Gasteiger partial charge in [-0.05, 0) is 258 Å². The molecule has 0 unspecified atom stereocenters. The van der Waals surface area contributed by atoms with E-state index in [-0.39, 0.29) is 55.5 Å². The lowest BCUT2D eigenvalue weighted by Gasteiger charge is -2.17. The topological polar surface area (TPSA) is 0 Å². The molecule has 0 spiro atoms. The summed E-state index contributed by atoms with van der Waals surface area (Å²) in [4.78, 5) is 0. The molecule has 8 aromatic rings. The van der Waals surface area contributed by atoms with Crippen molar-refractivity contribution < 1.29 is 79.0 Å². The third kappa shape index (κ3) is 26.6. The summed E-state index contributed by atoms with van der Waals surface area (Å²) in [5.41, 5.74) is 1.58. The molecule has 0 aromatic heterocycles. The van der Waals surface area contributed by atoms with Gasteiger partial charge in [-0.3, -0.25) is 0 Å². The van der Waals surface area contributed by atoms with E-state index in [2.05, 4.69) is 47.8 Å². The average molecular weight is 1530 g/mol. The first kappa shape index (κ1) is 79.4. The van der Waals surface area contributed by atoms with E-state index in [1.165, 1.54) is 61.9 Å². The zero-order valence-electron chi connectivity index (χ0n) is 46.1. The smallest absolute Gasteiger partial charge is 0.207 e. The Balaban J connectivity index is 0.000000494. The van der Waals surface area contributed by atoms with Gasteiger partial charge in [-0.15, -0.1) is 0 Å². The van der Waals surface area contributed by atoms with Gasteiger partial charge in [-0.1, -0.05) is 58.0 Å². The second kappa shape index (κ2) is 35.5. The SMILES string of the molecule is Cc1cc(F)cc(Br)c1Br.Cc1cc(F)cc(C(F)(F)F)c1C(F)(F)F.Cc1cc(F)cc(C)c1C.Cc1cc(F)cc(Cl)c1Br.Cc1cc(F)cc(Cl)c1Cl.Cc1cc(F)cc(Cl)c1F.Cc1cc(F)cc(F)c1Cl.Cc1cc(F)cc(F)c1F. The highest BCUT2D eigenvalue weighted by Crippen LogP contribution is 2.42. The van der Waals surface area contributed by atoms with E-state index >= 15 is 0 Å². The molecule has 0 atom stereocenters. The fourth-order valence-corrected chi connectivity index (χ4v) is 8.40. The molecular weight excluding hydrogens is 1480 g/mol. The van der Waals surface area contributed by atoms with E-state index in [0.29, 0.717) is 33.3 Å². The van der Waals surface area contributed by atoms with Gasteiger partial charge in [0.2, 0.25) is 0 Å². The maximum Gasteiger partial charge on any atom is 0.417 e. The summed E-state index contributed by atoms with van der Waals surface area (Å²) in [6.07, 6.45) is -10.4. The van der Waals surface area contributed by atoms with Gasteiger partial charge in [-0.25, -0.2) is 52.7 Å². The number of halogens is 26. The Labute approximate surface area is 534 Å². The minimum atomic E-state index is -5.24. The number of rotatable bonds is 0. The summed E-state index contributed by atoms with van der Waals surface area (Å²) >= 11 is 37.3. The van der Waals surface area contributed by atoms with Crippen molar-refractivity contribution in [3.05, 3.63) is 272 Å². The van der Waals surface area contributed by atoms with Crippen LogP contribution < -0.4 is 0 Å². The number of aryl methyl sites for hydroxylation is 9. The van der Waals surface area contributed by atoms with Crippen LogP contribution in [0.3, 0.4) is 0 Å². The van der Waals surface area contributed by atoms with Gasteiger partial charge >= 0.3 is 12.4 Å². The number of alkyl halides is 6. The standard InChI is InChI=1S/C9H5F7.C9H11F.C7H5Br2F.C7H5BrClF.C7H5Cl2F.2C7H5ClF2.C7H5F3/c1-4-2-5(10)3-6(8(11,12)13)7(4)9(14,15)16;1-6-4-9(10)5-7(2)8(6)3;1-4-2-5(10)3-6(8)7(4)9;1-4-2-5(10)3-6(9)7(4)8;1-4-2-5(10)3-6(8)7(4)9;1-4-2-5(9)3-6(10)7(4)8;1-4-2-5(9)3-6(8)7(4)10;1-4-2-5(8)3-6(9)7(4)10/h2-3H,1H3;4-5H,1-3H3;6*2-3H,1H3. The van der Waals surface area contributed by atoms with Crippen LogP contribution in [-0.2, 0) is 12.4 Å². The molecule has 0 aliphatic rings. The summed E-state index contributed by atoms with van der Waals surface area (Å²) in [5.74, 6) is -7.61. The molecule has 0 fully saturated rings. The largest absolute Gasteiger partial charge is 0.417 e. The lowest BCUT2D eigenvalue weighted by Crippen LogP contribution is -2.18. The molecule has 8 aromatic carbocycles. The van der Waals surface area contributed by atoms with Gasteiger partial charge in [-0.2, -0.15) is 26.3 Å². The number of hydrogen-bond acceptors (Lipinski definition) is 0. The Bertz CT molecular complexity index is 2910. The monoisotopic (exact) mass is 1520 g/mol. The molecule has 0 aliphatic heterocycles. The maximum absolute atomic E-state index is 12.7. The zero-order valence-corrected chi connectivity index (χ0v) is 54.6.